The molecule has 7 rings (SSSR count). The highest BCUT2D eigenvalue weighted by Crippen LogP contribution is 2.40. The number of anilines is 1. The molecule has 304 valence electrons. The highest BCUT2D eigenvalue weighted by molar-refractivity contribution is 6.03. The zero-order valence-electron chi connectivity index (χ0n) is 32.6. The zero-order valence-corrected chi connectivity index (χ0v) is 32.6. The lowest BCUT2D eigenvalue weighted by molar-refractivity contribution is -0.125. The molecule has 1 fully saturated rings. The minimum atomic E-state index is -2.54. The Morgan fingerprint density at radius 2 is 1.72 bits per heavy atom. The van der Waals surface area contributed by atoms with E-state index in [0.717, 1.165) is 71.5 Å². The number of para-hydroxylation sites is 1. The molecule has 2 atom stereocenters. The molecule has 0 aliphatic carbocycles. The monoisotopic (exact) mass is 790 g/mol. The van der Waals surface area contributed by atoms with Crippen LogP contribution in [0.15, 0.2) is 54.6 Å². The van der Waals surface area contributed by atoms with Gasteiger partial charge in [0.15, 0.2) is 6.29 Å². The number of benzene rings is 3. The molecule has 1 saturated heterocycles. The molecule has 2 N–H and O–H groups in total. The number of hydrogen-bond acceptors (Lipinski definition) is 7. The molecule has 2 unspecified atom stereocenters. The SMILES string of the molecule is CF.CNC(=O)C(CCC=O)N(C)C(=O)c1cc2c(cc1C=O)CN(CC1CCN(c3ccc(C4c5[nH]c6ccccc6c5CCN4CC(F)F)c(F)c3)CC1)C2. The lowest BCUT2D eigenvalue weighted by atomic mass is 9.91. The fraction of sp³-hybridized carbons (Fsp3) is 0.442. The molecule has 4 aromatic rings. The van der Waals surface area contributed by atoms with Crippen molar-refractivity contribution in [3.8, 4) is 0 Å². The van der Waals surface area contributed by atoms with Crippen molar-refractivity contribution in [2.24, 2.45) is 5.92 Å². The Balaban J connectivity index is 0.00000270. The minimum absolute atomic E-state index is 0.121. The molecule has 3 aliphatic heterocycles. The first-order chi connectivity index (χ1) is 27.6. The number of H-pyrrole nitrogens is 1. The number of carbonyl (C=O) groups is 4. The van der Waals surface area contributed by atoms with Crippen LogP contribution in [0.2, 0.25) is 0 Å². The van der Waals surface area contributed by atoms with Crippen LogP contribution in [0.4, 0.5) is 23.2 Å². The summed E-state index contributed by atoms with van der Waals surface area (Å²) in [6.45, 7) is 3.57. The van der Waals surface area contributed by atoms with Crippen LogP contribution in [0.3, 0.4) is 0 Å². The van der Waals surface area contributed by atoms with Crippen LogP contribution in [0.25, 0.3) is 10.9 Å². The minimum Gasteiger partial charge on any atom is -0.371 e. The smallest absolute Gasteiger partial charge is 0.255 e. The summed E-state index contributed by atoms with van der Waals surface area (Å²) in [6, 6.07) is 15.1. The fourth-order valence-corrected chi connectivity index (χ4v) is 8.87. The lowest BCUT2D eigenvalue weighted by Crippen LogP contribution is -2.47. The van der Waals surface area contributed by atoms with E-state index in [-0.39, 0.29) is 29.9 Å². The van der Waals surface area contributed by atoms with Crippen LogP contribution in [-0.2, 0) is 29.1 Å². The van der Waals surface area contributed by atoms with Gasteiger partial charge in [-0.25, -0.2) is 13.2 Å². The van der Waals surface area contributed by atoms with Gasteiger partial charge in [0.25, 0.3) is 12.3 Å². The van der Waals surface area contributed by atoms with Crippen LogP contribution < -0.4 is 10.2 Å². The molecule has 10 nitrogen and oxygen atoms in total. The summed E-state index contributed by atoms with van der Waals surface area (Å²) >= 11 is 0. The Morgan fingerprint density at radius 1 is 1.00 bits per heavy atom. The molecule has 3 aromatic carbocycles. The van der Waals surface area contributed by atoms with Gasteiger partial charge in [-0.2, -0.15) is 0 Å². The number of nitrogens with one attached hydrogen (secondary N) is 2. The van der Waals surface area contributed by atoms with E-state index in [2.05, 4.69) is 20.1 Å². The maximum Gasteiger partial charge on any atom is 0.255 e. The van der Waals surface area contributed by atoms with Crippen LogP contribution >= 0.6 is 0 Å². The molecule has 1 aromatic heterocycles. The third-order valence-corrected chi connectivity index (χ3v) is 11.7. The van der Waals surface area contributed by atoms with Gasteiger partial charge in [0.1, 0.15) is 18.1 Å². The first-order valence-electron chi connectivity index (χ1n) is 19.4. The van der Waals surface area contributed by atoms with E-state index in [1.54, 1.807) is 29.2 Å². The number of alkyl halides is 3. The van der Waals surface area contributed by atoms with Gasteiger partial charge in [-0.3, -0.25) is 28.6 Å². The largest absolute Gasteiger partial charge is 0.371 e. The van der Waals surface area contributed by atoms with Gasteiger partial charge < -0.3 is 24.9 Å². The van der Waals surface area contributed by atoms with Crippen molar-refractivity contribution in [3.05, 3.63) is 99.5 Å². The predicted molar refractivity (Wildman–Crippen MR) is 211 cm³/mol. The quantitative estimate of drug-likeness (QED) is 0.121. The number of fused-ring (bicyclic) bond motifs is 4. The Bertz CT molecular complexity index is 2080. The van der Waals surface area contributed by atoms with Crippen molar-refractivity contribution in [1.29, 1.82) is 0 Å². The Hall–Kier alpha value is -5.08. The predicted octanol–water partition coefficient (Wildman–Crippen LogP) is 6.32. The number of amides is 2. The number of hydrogen-bond donors (Lipinski definition) is 2. The fourth-order valence-electron chi connectivity index (χ4n) is 8.87. The van der Waals surface area contributed by atoms with Crippen molar-refractivity contribution in [3.63, 3.8) is 0 Å². The normalized spacial score (nSPS) is 17.8. The molecule has 0 bridgehead atoms. The van der Waals surface area contributed by atoms with Gasteiger partial charge in [0.2, 0.25) is 5.91 Å². The van der Waals surface area contributed by atoms with E-state index >= 15 is 4.39 Å². The number of carbonyl (C=O) groups excluding carboxylic acids is 4. The van der Waals surface area contributed by atoms with Crippen molar-refractivity contribution >= 4 is 41.0 Å². The number of halogens is 4. The summed E-state index contributed by atoms with van der Waals surface area (Å²) in [5.41, 5.74) is 6.37. The summed E-state index contributed by atoms with van der Waals surface area (Å²) in [6.07, 6.45) is 1.55. The van der Waals surface area contributed by atoms with Gasteiger partial charge in [-0.05, 0) is 78.6 Å². The lowest BCUT2D eigenvalue weighted by Gasteiger charge is -2.37. The molecular formula is C43H50F4N6O4. The third kappa shape index (κ3) is 8.76. The highest BCUT2D eigenvalue weighted by Gasteiger charge is 2.35. The molecular weight excluding hydrogens is 741 g/mol. The van der Waals surface area contributed by atoms with Crippen LogP contribution in [0.5, 0.6) is 0 Å². The number of aldehydes is 2. The zero-order chi connectivity index (χ0) is 40.8. The molecule has 0 spiro atoms. The van der Waals surface area contributed by atoms with Crippen LogP contribution in [0.1, 0.15) is 80.4 Å². The first kappa shape index (κ1) is 41.6. The van der Waals surface area contributed by atoms with Crippen molar-refractivity contribution in [2.75, 3.05) is 58.9 Å². The van der Waals surface area contributed by atoms with E-state index in [1.807, 2.05) is 30.3 Å². The molecule has 3 aliphatic rings. The summed E-state index contributed by atoms with van der Waals surface area (Å²) in [7, 11) is 3.49. The Kier molecular flexibility index (Phi) is 13.5. The Labute approximate surface area is 330 Å². The number of piperidine rings is 1. The number of aromatic nitrogens is 1. The number of rotatable bonds is 13. The summed E-state index contributed by atoms with van der Waals surface area (Å²) in [4.78, 5) is 60.1. The summed E-state index contributed by atoms with van der Waals surface area (Å²) in [5, 5.41) is 3.60. The van der Waals surface area contributed by atoms with Gasteiger partial charge in [0, 0.05) is 93.2 Å². The average Bonchev–Trinajstić information content (AvgIpc) is 3.81. The standard InChI is InChI=1S/C42H47F3N6O4.CH3F/c1-46-41(54)37(8-5-17-52)48(2)42(55)34-19-28-23-49(22-27(28)18-29(34)25-53)21-26-11-14-50(15-12-26)30-9-10-33(35(43)20-30)40-39-32(13-16-51(40)24-38(44)45)31-6-3-4-7-36(31)47-39;1-2/h3-4,6-7,9-10,17-20,25-26,37-38,40,47H,5,8,11-16,21-24H2,1-2H3,(H,46,54);1H3. The summed E-state index contributed by atoms with van der Waals surface area (Å²) in [5.74, 6) is -0.849. The van der Waals surface area contributed by atoms with Gasteiger partial charge in [0.05, 0.1) is 25.3 Å². The maximum absolute atomic E-state index is 16.1. The van der Waals surface area contributed by atoms with E-state index in [1.165, 1.54) is 19.0 Å². The molecule has 0 saturated carbocycles. The number of likely N-dealkylation sites (N-methyl/N-ethyl adjacent to an activating group) is 2. The van der Waals surface area contributed by atoms with Crippen LogP contribution in [0, 0.1) is 11.7 Å². The second-order valence-corrected chi connectivity index (χ2v) is 15.0. The summed E-state index contributed by atoms with van der Waals surface area (Å²) < 4.78 is 53.0. The second-order valence-electron chi connectivity index (χ2n) is 15.0. The highest BCUT2D eigenvalue weighted by atomic mass is 19.3. The average molecular weight is 791 g/mol. The number of aromatic amines is 1. The van der Waals surface area contributed by atoms with Crippen molar-refractivity contribution < 1.29 is 36.7 Å². The molecule has 2 amide bonds. The topological polar surface area (TPSA) is 109 Å². The third-order valence-electron chi connectivity index (χ3n) is 11.7. The maximum atomic E-state index is 16.1. The van der Waals surface area contributed by atoms with Crippen LogP contribution in [-0.4, -0.2) is 111 Å². The van der Waals surface area contributed by atoms with Gasteiger partial charge in [-0.1, -0.05) is 24.3 Å². The van der Waals surface area contributed by atoms with E-state index < -0.39 is 36.8 Å². The molecule has 14 heteroatoms. The molecule has 0 radical (unpaired) electrons. The number of nitrogens with zero attached hydrogens (tertiary/aromatic N) is 4. The van der Waals surface area contributed by atoms with Gasteiger partial charge >= 0.3 is 0 Å². The first-order valence-corrected chi connectivity index (χ1v) is 19.4. The van der Waals surface area contributed by atoms with Crippen molar-refractivity contribution in [1.82, 2.24) is 25.0 Å². The van der Waals surface area contributed by atoms with E-state index in [9.17, 15) is 32.3 Å². The van der Waals surface area contributed by atoms with Crippen molar-refractivity contribution in [2.45, 2.75) is 63.7 Å². The Morgan fingerprint density at radius 3 is 2.39 bits per heavy atom. The van der Waals surface area contributed by atoms with Gasteiger partial charge in [-0.15, -0.1) is 0 Å². The second kappa shape index (κ2) is 18.5. The van der Waals surface area contributed by atoms with E-state index in [0.29, 0.717) is 57.3 Å². The van der Waals surface area contributed by atoms with E-state index in [4.69, 9.17) is 0 Å². The molecule has 4 heterocycles. The molecule has 57 heavy (non-hydrogen) atoms.